The van der Waals surface area contributed by atoms with E-state index in [0.29, 0.717) is 28.6 Å². The predicted molar refractivity (Wildman–Crippen MR) is 128 cm³/mol. The maximum absolute atomic E-state index is 12.7. The van der Waals surface area contributed by atoms with Crippen LogP contribution in [-0.4, -0.2) is 38.3 Å². The van der Waals surface area contributed by atoms with Crippen molar-refractivity contribution in [3.8, 4) is 17.2 Å². The Bertz CT molecular complexity index is 1150. The summed E-state index contributed by atoms with van der Waals surface area (Å²) >= 11 is 5.27. The van der Waals surface area contributed by atoms with Crippen molar-refractivity contribution in [1.82, 2.24) is 5.32 Å². The Morgan fingerprint density at radius 1 is 0.909 bits per heavy atom. The second-order valence-corrected chi connectivity index (χ2v) is 7.19. The fraction of sp³-hybridized carbons (Fsp3) is 0.174. The molecular weight excluding hydrogens is 446 g/mol. The minimum atomic E-state index is -0.453. The second kappa shape index (κ2) is 10.5. The van der Waals surface area contributed by atoms with Crippen molar-refractivity contribution in [1.29, 1.82) is 0 Å². The third-order valence-electron chi connectivity index (χ3n) is 4.63. The van der Waals surface area contributed by atoms with Gasteiger partial charge in [-0.1, -0.05) is 0 Å². The SMILES string of the molecule is COc1cc(C(=O)NC(=S)Nc2ccc(NC(=O)c3ccco3)c(C)c2)cc(OC)c1OC. The van der Waals surface area contributed by atoms with Crippen LogP contribution < -0.4 is 30.2 Å². The predicted octanol–water partition coefficient (Wildman–Crippen LogP) is 3.99. The molecule has 0 saturated carbocycles. The lowest BCUT2D eigenvalue weighted by Crippen LogP contribution is -2.34. The number of thiocarbonyl (C=S) groups is 1. The zero-order chi connectivity index (χ0) is 24.0. The first-order valence-electron chi connectivity index (χ1n) is 9.74. The van der Waals surface area contributed by atoms with Crippen molar-refractivity contribution in [2.75, 3.05) is 32.0 Å². The monoisotopic (exact) mass is 469 g/mol. The molecule has 172 valence electrons. The van der Waals surface area contributed by atoms with Gasteiger partial charge in [-0.2, -0.15) is 0 Å². The van der Waals surface area contributed by atoms with Gasteiger partial charge in [-0.25, -0.2) is 0 Å². The van der Waals surface area contributed by atoms with Gasteiger partial charge in [0.1, 0.15) is 0 Å². The second-order valence-electron chi connectivity index (χ2n) is 6.78. The van der Waals surface area contributed by atoms with E-state index < -0.39 is 5.91 Å². The Balaban J connectivity index is 1.66. The molecule has 33 heavy (non-hydrogen) atoms. The lowest BCUT2D eigenvalue weighted by Gasteiger charge is -2.15. The molecule has 1 aromatic heterocycles. The fourth-order valence-corrected chi connectivity index (χ4v) is 3.23. The Labute approximate surface area is 196 Å². The van der Waals surface area contributed by atoms with Crippen LogP contribution >= 0.6 is 12.2 Å². The van der Waals surface area contributed by atoms with Crippen molar-refractivity contribution in [2.24, 2.45) is 0 Å². The normalized spacial score (nSPS) is 10.2. The third-order valence-corrected chi connectivity index (χ3v) is 4.84. The largest absolute Gasteiger partial charge is 0.493 e. The molecule has 3 N–H and O–H groups in total. The molecule has 1 heterocycles. The number of furan rings is 1. The van der Waals surface area contributed by atoms with E-state index in [1.54, 1.807) is 30.3 Å². The van der Waals surface area contributed by atoms with Gasteiger partial charge in [0, 0.05) is 16.9 Å². The molecule has 2 aromatic carbocycles. The van der Waals surface area contributed by atoms with Crippen LogP contribution in [0.1, 0.15) is 26.5 Å². The van der Waals surface area contributed by atoms with Crippen molar-refractivity contribution in [2.45, 2.75) is 6.92 Å². The van der Waals surface area contributed by atoms with Crippen LogP contribution in [0.15, 0.2) is 53.1 Å². The summed E-state index contributed by atoms with van der Waals surface area (Å²) in [7, 11) is 4.41. The first-order chi connectivity index (χ1) is 15.9. The summed E-state index contributed by atoms with van der Waals surface area (Å²) in [5.41, 5.74) is 2.33. The lowest BCUT2D eigenvalue weighted by atomic mass is 10.1. The van der Waals surface area contributed by atoms with Crippen LogP contribution in [0.4, 0.5) is 11.4 Å². The van der Waals surface area contributed by atoms with Crippen LogP contribution in [0.2, 0.25) is 0 Å². The van der Waals surface area contributed by atoms with Gasteiger partial charge < -0.3 is 29.3 Å². The van der Waals surface area contributed by atoms with E-state index in [9.17, 15) is 9.59 Å². The Morgan fingerprint density at radius 3 is 2.15 bits per heavy atom. The van der Waals surface area contributed by atoms with Crippen LogP contribution in [0.25, 0.3) is 0 Å². The Hall–Kier alpha value is -4.05. The summed E-state index contributed by atoms with van der Waals surface area (Å²) in [6.07, 6.45) is 1.43. The number of hydrogen-bond acceptors (Lipinski definition) is 7. The minimum Gasteiger partial charge on any atom is -0.493 e. The van der Waals surface area contributed by atoms with Crippen LogP contribution in [0.3, 0.4) is 0 Å². The summed E-state index contributed by atoms with van der Waals surface area (Å²) in [6, 6.07) is 11.5. The number of ether oxygens (including phenoxy) is 3. The Morgan fingerprint density at radius 2 is 1.61 bits per heavy atom. The average Bonchev–Trinajstić information content (AvgIpc) is 3.34. The molecule has 0 bridgehead atoms. The molecule has 0 spiro atoms. The number of benzene rings is 2. The summed E-state index contributed by atoms with van der Waals surface area (Å²) in [5, 5.41) is 8.45. The van der Waals surface area contributed by atoms with Gasteiger partial charge >= 0.3 is 0 Å². The zero-order valence-corrected chi connectivity index (χ0v) is 19.3. The Kier molecular flexibility index (Phi) is 7.52. The molecule has 0 unspecified atom stereocenters. The highest BCUT2D eigenvalue weighted by atomic mass is 32.1. The number of aryl methyl sites for hydroxylation is 1. The molecule has 3 rings (SSSR count). The van der Waals surface area contributed by atoms with Crippen molar-refractivity contribution in [3.05, 3.63) is 65.6 Å². The highest BCUT2D eigenvalue weighted by Crippen LogP contribution is 2.38. The first-order valence-corrected chi connectivity index (χ1v) is 10.1. The molecule has 0 radical (unpaired) electrons. The number of rotatable bonds is 7. The molecule has 0 aliphatic rings. The smallest absolute Gasteiger partial charge is 0.291 e. The van der Waals surface area contributed by atoms with E-state index in [0.717, 1.165) is 5.56 Å². The molecule has 0 saturated heterocycles. The van der Waals surface area contributed by atoms with Gasteiger partial charge in [-0.15, -0.1) is 0 Å². The highest BCUT2D eigenvalue weighted by Gasteiger charge is 2.18. The van der Waals surface area contributed by atoms with Crippen molar-refractivity contribution in [3.63, 3.8) is 0 Å². The van der Waals surface area contributed by atoms with Gasteiger partial charge in [-0.3, -0.25) is 14.9 Å². The molecule has 2 amide bonds. The molecule has 0 atom stereocenters. The molecule has 0 aliphatic heterocycles. The topological polar surface area (TPSA) is 111 Å². The first kappa shape index (κ1) is 23.6. The third kappa shape index (κ3) is 5.60. The van der Waals surface area contributed by atoms with Gasteiger partial charge in [0.25, 0.3) is 11.8 Å². The van der Waals surface area contributed by atoms with Crippen molar-refractivity contribution < 1.29 is 28.2 Å². The van der Waals surface area contributed by atoms with E-state index in [1.807, 2.05) is 6.92 Å². The summed E-state index contributed by atoms with van der Waals surface area (Å²) in [5.74, 6) is 0.495. The minimum absolute atomic E-state index is 0.0977. The maximum Gasteiger partial charge on any atom is 0.291 e. The van der Waals surface area contributed by atoms with Crippen LogP contribution in [0.5, 0.6) is 17.2 Å². The molecule has 9 nitrogen and oxygen atoms in total. The lowest BCUT2D eigenvalue weighted by molar-refractivity contribution is 0.0974. The number of hydrogen-bond donors (Lipinski definition) is 3. The fourth-order valence-electron chi connectivity index (χ4n) is 3.02. The summed E-state index contributed by atoms with van der Waals surface area (Å²) < 4.78 is 20.9. The van der Waals surface area contributed by atoms with Crippen LogP contribution in [-0.2, 0) is 0 Å². The molecule has 0 aliphatic carbocycles. The zero-order valence-electron chi connectivity index (χ0n) is 18.5. The van der Waals surface area contributed by atoms with E-state index in [4.69, 9.17) is 30.8 Å². The van der Waals surface area contributed by atoms with Gasteiger partial charge in [0.15, 0.2) is 22.4 Å². The summed E-state index contributed by atoms with van der Waals surface area (Å²) in [4.78, 5) is 24.9. The molecule has 3 aromatic rings. The number of methoxy groups -OCH3 is 3. The number of anilines is 2. The molecular formula is C23H23N3O6S. The van der Waals surface area contributed by atoms with Gasteiger partial charge in [0.05, 0.1) is 27.6 Å². The number of carbonyl (C=O) groups is 2. The highest BCUT2D eigenvalue weighted by molar-refractivity contribution is 7.80. The number of carbonyl (C=O) groups excluding carboxylic acids is 2. The maximum atomic E-state index is 12.7. The summed E-state index contributed by atoms with van der Waals surface area (Å²) in [6.45, 7) is 1.83. The standard InChI is InChI=1S/C23H23N3O6S/c1-13-10-15(7-8-16(13)25-22(28)17-6-5-9-32-17)24-23(33)26-21(27)14-11-18(29-2)20(31-4)19(12-14)30-3/h5-12H,1-4H3,(H,25,28)(H2,24,26,27,33). The van der Waals surface area contributed by atoms with Gasteiger partial charge in [0.2, 0.25) is 5.75 Å². The van der Waals surface area contributed by atoms with E-state index >= 15 is 0 Å². The molecule has 10 heteroatoms. The van der Waals surface area contributed by atoms with Crippen molar-refractivity contribution >= 4 is 40.5 Å². The molecule has 0 fully saturated rings. The van der Waals surface area contributed by atoms with E-state index in [1.165, 1.54) is 39.7 Å². The number of nitrogens with one attached hydrogen (secondary N) is 3. The average molecular weight is 470 g/mol. The number of amides is 2. The van der Waals surface area contributed by atoms with Gasteiger partial charge in [-0.05, 0) is 67.2 Å². The van der Waals surface area contributed by atoms with Crippen LogP contribution in [0, 0.1) is 6.92 Å². The van der Waals surface area contributed by atoms with E-state index in [2.05, 4.69) is 16.0 Å². The van der Waals surface area contributed by atoms with E-state index in [-0.39, 0.29) is 22.3 Å². The quantitative estimate of drug-likeness (QED) is 0.446.